The molecule has 2 saturated carbocycles. The number of furan rings is 1. The lowest BCUT2D eigenvalue weighted by Crippen LogP contribution is -2.66. The second kappa shape index (κ2) is 14.4. The molecule has 1 aromatic rings. The van der Waals surface area contributed by atoms with E-state index in [2.05, 4.69) is 16.0 Å². The van der Waals surface area contributed by atoms with Crippen molar-refractivity contribution in [1.82, 2.24) is 20.9 Å². The van der Waals surface area contributed by atoms with E-state index in [1.54, 1.807) is 6.92 Å². The van der Waals surface area contributed by atoms with Crippen molar-refractivity contribution in [2.24, 2.45) is 28.4 Å². The molecule has 49 heavy (non-hydrogen) atoms. The number of likely N-dealkylation sites (tertiary alicyclic amines) is 1. The number of sulfone groups is 1. The Labute approximate surface area is 290 Å². The third-order valence-corrected chi connectivity index (χ3v) is 12.8. The number of primary amides is 1. The van der Waals surface area contributed by atoms with Crippen LogP contribution in [0.15, 0.2) is 21.6 Å². The third-order valence-electron chi connectivity index (χ3n) is 10.8. The highest BCUT2D eigenvalue weighted by Gasteiger charge is 2.48. The first-order valence-electron chi connectivity index (χ1n) is 17.5. The summed E-state index contributed by atoms with van der Waals surface area (Å²) in [6.07, 6.45) is 7.02. The number of ketones is 1. The molecule has 2 heterocycles. The molecule has 4 atom stereocenters. The summed E-state index contributed by atoms with van der Waals surface area (Å²) in [6.45, 7) is 13.3. The van der Waals surface area contributed by atoms with Crippen LogP contribution in [-0.4, -0.2) is 78.8 Å². The monoisotopic (exact) mass is 705 g/mol. The fourth-order valence-electron chi connectivity index (χ4n) is 7.21. The van der Waals surface area contributed by atoms with Crippen molar-refractivity contribution in [3.05, 3.63) is 18.1 Å². The van der Waals surface area contributed by atoms with Crippen molar-refractivity contribution in [2.45, 2.75) is 135 Å². The number of carbonyl (C=O) groups is 5. The fraction of sp³-hybridized carbons (Fsp3) is 0.743. The molecule has 0 radical (unpaired) electrons. The molecule has 2 unspecified atom stereocenters. The van der Waals surface area contributed by atoms with Crippen LogP contribution < -0.4 is 21.7 Å². The zero-order valence-electron chi connectivity index (χ0n) is 30.0. The predicted octanol–water partition coefficient (Wildman–Crippen LogP) is 3.38. The molecule has 5 amide bonds. The smallest absolute Gasteiger partial charge is 0.315 e. The molecule has 3 aliphatic rings. The zero-order valence-corrected chi connectivity index (χ0v) is 30.8. The Hall–Kier alpha value is -3.42. The van der Waals surface area contributed by atoms with E-state index in [0.717, 1.165) is 32.1 Å². The Balaban J connectivity index is 1.58. The van der Waals surface area contributed by atoms with Gasteiger partial charge < -0.3 is 31.0 Å². The summed E-state index contributed by atoms with van der Waals surface area (Å²) in [4.78, 5) is 68.3. The number of urea groups is 1. The minimum absolute atomic E-state index is 0.00782. The number of hydrogen-bond donors (Lipinski definition) is 4. The maximum Gasteiger partial charge on any atom is 0.315 e. The van der Waals surface area contributed by atoms with E-state index in [1.165, 1.54) is 17.2 Å². The van der Waals surface area contributed by atoms with E-state index in [4.69, 9.17) is 10.2 Å². The predicted molar refractivity (Wildman–Crippen MR) is 183 cm³/mol. The molecule has 14 heteroatoms. The molecular formula is C35H55N5O8S. The van der Waals surface area contributed by atoms with Gasteiger partial charge in [0.15, 0.2) is 9.84 Å². The van der Waals surface area contributed by atoms with Crippen LogP contribution in [0.1, 0.15) is 105 Å². The van der Waals surface area contributed by atoms with Gasteiger partial charge in [-0.25, -0.2) is 13.2 Å². The molecular weight excluding hydrogens is 650 g/mol. The average molecular weight is 706 g/mol. The van der Waals surface area contributed by atoms with Crippen LogP contribution in [0.2, 0.25) is 0 Å². The molecule has 0 bridgehead atoms. The van der Waals surface area contributed by atoms with Gasteiger partial charge in [-0.15, -0.1) is 0 Å². The van der Waals surface area contributed by atoms with E-state index in [-0.39, 0.29) is 40.2 Å². The van der Waals surface area contributed by atoms with Crippen molar-refractivity contribution < 1.29 is 36.8 Å². The minimum atomic E-state index is -3.81. The molecule has 274 valence electrons. The zero-order chi connectivity index (χ0) is 36.5. The van der Waals surface area contributed by atoms with E-state index < -0.39 is 68.5 Å². The molecule has 1 saturated heterocycles. The third kappa shape index (κ3) is 9.23. The molecule has 3 fully saturated rings. The Morgan fingerprint density at radius 1 is 1.06 bits per heavy atom. The summed E-state index contributed by atoms with van der Waals surface area (Å²) in [5.41, 5.74) is 3.12. The van der Waals surface area contributed by atoms with Gasteiger partial charge in [0.2, 0.25) is 17.6 Å². The van der Waals surface area contributed by atoms with Crippen LogP contribution in [0.3, 0.4) is 0 Å². The van der Waals surface area contributed by atoms with Crippen molar-refractivity contribution in [1.29, 1.82) is 0 Å². The van der Waals surface area contributed by atoms with E-state index >= 15 is 0 Å². The topological polar surface area (TPSA) is 198 Å². The van der Waals surface area contributed by atoms with Crippen molar-refractivity contribution in [2.75, 3.05) is 12.3 Å². The molecule has 0 aromatic carbocycles. The highest BCUT2D eigenvalue weighted by atomic mass is 32.2. The Kier molecular flexibility index (Phi) is 11.3. The molecule has 2 aliphatic carbocycles. The quantitative estimate of drug-likeness (QED) is 0.237. The van der Waals surface area contributed by atoms with Crippen molar-refractivity contribution in [3.8, 4) is 0 Å². The number of carbonyl (C=O) groups excluding carboxylic acids is 5. The molecule has 0 spiro atoms. The van der Waals surface area contributed by atoms with Crippen molar-refractivity contribution >= 4 is 39.4 Å². The fourth-order valence-corrected chi connectivity index (χ4v) is 9.20. The molecule has 1 aromatic heterocycles. The van der Waals surface area contributed by atoms with Gasteiger partial charge in [-0.3, -0.25) is 19.2 Å². The van der Waals surface area contributed by atoms with Crippen LogP contribution in [0.25, 0.3) is 0 Å². The standard InChI is InChI=1S/C35H55N5O8S/c1-21-19-40(25(18-34(21,6)7)30(43)37-24(17-23-11-12-23)27(41)29(36)42)31(44)28(33(3,4)5)38-32(45)39-35(14-9-8-10-15-35)20-49(46,47)26-13-16-48-22(26)2/h13,16,21,23-25,28H,8-12,14-15,17-20H2,1-7H3,(H2,36,42)(H,37,43)(H2,38,39,45)/t21?,24?,25-,28+/m0/s1. The van der Waals surface area contributed by atoms with Gasteiger partial charge in [-0.2, -0.15) is 0 Å². The Morgan fingerprint density at radius 3 is 2.22 bits per heavy atom. The summed E-state index contributed by atoms with van der Waals surface area (Å²) in [7, 11) is -3.81. The number of hydrogen-bond acceptors (Lipinski definition) is 8. The summed E-state index contributed by atoms with van der Waals surface area (Å²) >= 11 is 0. The number of nitrogens with one attached hydrogen (secondary N) is 3. The normalized spacial score (nSPS) is 23.5. The number of piperidine rings is 1. The van der Waals surface area contributed by atoms with Crippen LogP contribution in [-0.2, 0) is 29.0 Å². The number of Topliss-reactive ketones (excluding diaryl/α,β-unsaturated/α-hetero) is 1. The number of rotatable bonds is 12. The lowest BCUT2D eigenvalue weighted by atomic mass is 9.71. The minimum Gasteiger partial charge on any atom is -0.468 e. The largest absolute Gasteiger partial charge is 0.468 e. The highest BCUT2D eigenvalue weighted by Crippen LogP contribution is 2.40. The molecule has 13 nitrogen and oxygen atoms in total. The van der Waals surface area contributed by atoms with Gasteiger partial charge in [-0.1, -0.05) is 73.6 Å². The second-order valence-electron chi connectivity index (χ2n) is 16.4. The molecule has 5 N–H and O–H groups in total. The Morgan fingerprint density at radius 2 is 1.69 bits per heavy atom. The van der Waals surface area contributed by atoms with E-state index in [9.17, 15) is 32.4 Å². The maximum atomic E-state index is 14.5. The second-order valence-corrected chi connectivity index (χ2v) is 18.4. The van der Waals surface area contributed by atoms with Crippen LogP contribution >= 0.6 is 0 Å². The Bertz CT molecular complexity index is 1530. The van der Waals surface area contributed by atoms with Crippen molar-refractivity contribution in [3.63, 3.8) is 0 Å². The van der Waals surface area contributed by atoms with Crippen LogP contribution in [0.4, 0.5) is 4.79 Å². The van der Waals surface area contributed by atoms with Gasteiger partial charge in [0.1, 0.15) is 22.7 Å². The number of aryl methyl sites for hydroxylation is 1. The number of nitrogens with zero attached hydrogens (tertiary/aromatic N) is 1. The summed E-state index contributed by atoms with van der Waals surface area (Å²) in [5.74, 6) is -2.83. The molecule has 1 aliphatic heterocycles. The molecule has 4 rings (SSSR count). The first-order valence-corrected chi connectivity index (χ1v) is 19.1. The number of amides is 5. The van der Waals surface area contributed by atoms with Gasteiger partial charge in [0, 0.05) is 6.54 Å². The SMILES string of the molecule is Cc1occc1S(=O)(=O)CC1(NC(=O)N[C@H](C(=O)N2CC(C)C(C)(C)C[C@H]2C(=O)NC(CC2CC2)C(=O)C(N)=O)C(C)(C)C)CCCCC1. The van der Waals surface area contributed by atoms with E-state index in [0.29, 0.717) is 25.7 Å². The first-order chi connectivity index (χ1) is 22.7. The highest BCUT2D eigenvalue weighted by molar-refractivity contribution is 7.91. The summed E-state index contributed by atoms with van der Waals surface area (Å²) in [6, 6.07) is -2.38. The summed E-state index contributed by atoms with van der Waals surface area (Å²) < 4.78 is 32.2. The first kappa shape index (κ1) is 38.4. The van der Waals surface area contributed by atoms with Crippen LogP contribution in [0, 0.1) is 29.6 Å². The maximum absolute atomic E-state index is 14.5. The number of nitrogens with two attached hydrogens (primary N) is 1. The lowest BCUT2D eigenvalue weighted by molar-refractivity contribution is -0.151. The van der Waals surface area contributed by atoms with Gasteiger partial charge in [0.25, 0.3) is 5.91 Å². The summed E-state index contributed by atoms with van der Waals surface area (Å²) in [5, 5.41) is 8.57. The van der Waals surface area contributed by atoms with Crippen LogP contribution in [0.5, 0.6) is 0 Å². The van der Waals surface area contributed by atoms with E-state index in [1.807, 2.05) is 41.5 Å². The van der Waals surface area contributed by atoms with Gasteiger partial charge >= 0.3 is 6.03 Å². The van der Waals surface area contributed by atoms with Gasteiger partial charge in [0.05, 0.1) is 23.6 Å². The van der Waals surface area contributed by atoms with Gasteiger partial charge in [-0.05, 0) is 61.3 Å². The average Bonchev–Trinajstić information content (AvgIpc) is 3.70. The lowest BCUT2D eigenvalue weighted by Gasteiger charge is -2.49.